The van der Waals surface area contributed by atoms with Crippen LogP contribution in [0.4, 0.5) is 5.69 Å². The van der Waals surface area contributed by atoms with Gasteiger partial charge in [-0.2, -0.15) is 0 Å². The van der Waals surface area contributed by atoms with Crippen LogP contribution in [0.25, 0.3) is 0 Å². The molecule has 0 fully saturated rings. The number of benzene rings is 2. The van der Waals surface area contributed by atoms with E-state index in [4.69, 9.17) is 11.6 Å². The van der Waals surface area contributed by atoms with Gasteiger partial charge in [0.05, 0.1) is 11.9 Å². The summed E-state index contributed by atoms with van der Waals surface area (Å²) in [5.74, 6) is -0.0777. The molecule has 2 rings (SSSR count). The largest absolute Gasteiger partial charge is 0.354 e. The quantitative estimate of drug-likeness (QED) is 0.400. The number of rotatable bonds is 13. The molecule has 0 heterocycles. The third-order valence-electron chi connectivity index (χ3n) is 5.86. The predicted molar refractivity (Wildman–Crippen MR) is 147 cm³/mol. The number of carbonyl (C=O) groups excluding carboxylic acids is 2. The summed E-state index contributed by atoms with van der Waals surface area (Å²) in [6, 6.07) is 14.0. The number of halogens is 1. The molecule has 0 aliphatic heterocycles. The maximum atomic E-state index is 13.4. The van der Waals surface area contributed by atoms with Crippen molar-refractivity contribution >= 4 is 39.1 Å². The minimum Gasteiger partial charge on any atom is -0.354 e. The fourth-order valence-electron chi connectivity index (χ4n) is 3.96. The highest BCUT2D eigenvalue weighted by Gasteiger charge is 2.29. The number of aryl methyl sites for hydroxylation is 1. The number of amides is 2. The molecule has 0 radical (unpaired) electrons. The first-order valence-corrected chi connectivity index (χ1v) is 14.5. The van der Waals surface area contributed by atoms with E-state index in [1.807, 2.05) is 58.0 Å². The molecular formula is C27H38ClN3O4S. The van der Waals surface area contributed by atoms with Gasteiger partial charge in [-0.1, -0.05) is 68.8 Å². The van der Waals surface area contributed by atoms with E-state index >= 15 is 0 Å². The van der Waals surface area contributed by atoms with Crippen LogP contribution in [0, 0.1) is 12.8 Å². The third kappa shape index (κ3) is 8.82. The Balaban J connectivity index is 2.21. The lowest BCUT2D eigenvalue weighted by atomic mass is 10.1. The Hall–Kier alpha value is -2.58. The average Bonchev–Trinajstić information content (AvgIpc) is 2.81. The molecule has 1 N–H and O–H groups in total. The van der Waals surface area contributed by atoms with Crippen molar-refractivity contribution in [3.05, 3.63) is 64.7 Å². The molecule has 2 aromatic rings. The van der Waals surface area contributed by atoms with Crippen molar-refractivity contribution in [3.63, 3.8) is 0 Å². The molecule has 0 aliphatic carbocycles. The Morgan fingerprint density at radius 3 is 2.33 bits per heavy atom. The Kier molecular flexibility index (Phi) is 11.2. The van der Waals surface area contributed by atoms with Crippen molar-refractivity contribution in [2.75, 3.05) is 23.7 Å². The molecule has 2 aromatic carbocycles. The Morgan fingerprint density at radius 1 is 1.08 bits per heavy atom. The number of nitrogens with one attached hydrogen (secondary N) is 1. The number of hydrogen-bond donors (Lipinski definition) is 1. The van der Waals surface area contributed by atoms with Gasteiger partial charge in [-0.15, -0.1) is 0 Å². The van der Waals surface area contributed by atoms with Crippen LogP contribution in [0.3, 0.4) is 0 Å². The third-order valence-corrected chi connectivity index (χ3v) is 7.27. The molecule has 0 saturated heterocycles. The molecule has 0 unspecified atom stereocenters. The fourth-order valence-corrected chi connectivity index (χ4v) is 5.14. The van der Waals surface area contributed by atoms with Gasteiger partial charge in [-0.25, -0.2) is 8.42 Å². The first kappa shape index (κ1) is 29.6. The van der Waals surface area contributed by atoms with Crippen molar-refractivity contribution < 1.29 is 18.0 Å². The van der Waals surface area contributed by atoms with Gasteiger partial charge in [0, 0.05) is 31.1 Å². The molecule has 9 heteroatoms. The maximum Gasteiger partial charge on any atom is 0.242 e. The number of sulfonamides is 1. The van der Waals surface area contributed by atoms with Crippen molar-refractivity contribution in [1.29, 1.82) is 0 Å². The minimum absolute atomic E-state index is 0.104. The summed E-state index contributed by atoms with van der Waals surface area (Å²) >= 11 is 6.12. The van der Waals surface area contributed by atoms with Crippen molar-refractivity contribution in [2.45, 2.75) is 59.5 Å². The van der Waals surface area contributed by atoms with Crippen LogP contribution in [-0.2, 0) is 26.2 Å². The predicted octanol–water partition coefficient (Wildman–Crippen LogP) is 4.77. The second-order valence-corrected chi connectivity index (χ2v) is 11.8. The van der Waals surface area contributed by atoms with Gasteiger partial charge in [0.25, 0.3) is 0 Å². The minimum atomic E-state index is -3.59. The standard InChI is InChI=1S/C27H38ClN3O4S/c1-6-24(27(33)29-18-20(2)3)30(19-22-11-8-7-9-12-22)26(32)13-10-16-31(36(5,34)35)25-17-23(28)15-14-21(25)4/h7-9,11-12,14-15,17,20,24H,6,10,13,16,18-19H2,1-5H3,(H,29,33)/t24-/m1/s1. The zero-order valence-electron chi connectivity index (χ0n) is 21.8. The molecule has 1 atom stereocenters. The maximum absolute atomic E-state index is 13.4. The zero-order chi connectivity index (χ0) is 26.9. The lowest BCUT2D eigenvalue weighted by molar-refractivity contribution is -0.141. The van der Waals surface area contributed by atoms with E-state index in [9.17, 15) is 18.0 Å². The molecule has 0 aliphatic rings. The van der Waals surface area contributed by atoms with Crippen LogP contribution >= 0.6 is 11.6 Å². The summed E-state index contributed by atoms with van der Waals surface area (Å²) < 4.78 is 26.4. The van der Waals surface area contributed by atoms with E-state index < -0.39 is 16.1 Å². The van der Waals surface area contributed by atoms with Crippen LogP contribution in [-0.4, -0.2) is 50.5 Å². The summed E-state index contributed by atoms with van der Waals surface area (Å²) in [6.45, 7) is 8.70. The first-order chi connectivity index (χ1) is 16.9. The fraction of sp³-hybridized carbons (Fsp3) is 0.481. The molecule has 0 saturated carbocycles. The van der Waals surface area contributed by atoms with Gasteiger partial charge in [-0.05, 0) is 48.9 Å². The van der Waals surface area contributed by atoms with E-state index in [-0.39, 0.29) is 24.8 Å². The monoisotopic (exact) mass is 535 g/mol. The molecule has 198 valence electrons. The van der Waals surface area contributed by atoms with Crippen LogP contribution in [0.15, 0.2) is 48.5 Å². The van der Waals surface area contributed by atoms with Gasteiger partial charge in [0.1, 0.15) is 6.04 Å². The lowest BCUT2D eigenvalue weighted by Gasteiger charge is -2.31. The second kappa shape index (κ2) is 13.7. The second-order valence-electron chi connectivity index (χ2n) is 9.44. The number of anilines is 1. The molecule has 36 heavy (non-hydrogen) atoms. The summed E-state index contributed by atoms with van der Waals surface area (Å²) in [5.41, 5.74) is 2.20. The van der Waals surface area contributed by atoms with Crippen molar-refractivity contribution in [3.8, 4) is 0 Å². The molecule has 2 amide bonds. The molecule has 0 bridgehead atoms. The van der Waals surface area contributed by atoms with Crippen LogP contribution in [0.1, 0.15) is 51.2 Å². The van der Waals surface area contributed by atoms with Gasteiger partial charge >= 0.3 is 0 Å². The molecule has 0 aromatic heterocycles. The highest BCUT2D eigenvalue weighted by atomic mass is 35.5. The van der Waals surface area contributed by atoms with E-state index in [2.05, 4.69) is 5.32 Å². The van der Waals surface area contributed by atoms with E-state index in [0.29, 0.717) is 42.6 Å². The summed E-state index contributed by atoms with van der Waals surface area (Å²) in [7, 11) is -3.59. The summed E-state index contributed by atoms with van der Waals surface area (Å²) in [6.07, 6.45) is 2.02. The Morgan fingerprint density at radius 2 is 1.75 bits per heavy atom. The van der Waals surface area contributed by atoms with Crippen molar-refractivity contribution in [1.82, 2.24) is 10.2 Å². The first-order valence-electron chi connectivity index (χ1n) is 12.3. The van der Waals surface area contributed by atoms with Gasteiger partial charge in [-0.3, -0.25) is 13.9 Å². The smallest absolute Gasteiger partial charge is 0.242 e. The summed E-state index contributed by atoms with van der Waals surface area (Å²) in [4.78, 5) is 28.0. The zero-order valence-corrected chi connectivity index (χ0v) is 23.4. The van der Waals surface area contributed by atoms with E-state index in [1.165, 1.54) is 4.31 Å². The number of carbonyl (C=O) groups is 2. The highest BCUT2D eigenvalue weighted by molar-refractivity contribution is 7.92. The highest BCUT2D eigenvalue weighted by Crippen LogP contribution is 2.27. The van der Waals surface area contributed by atoms with Gasteiger partial charge in [0.2, 0.25) is 21.8 Å². The SMILES string of the molecule is CC[C@H](C(=O)NCC(C)C)N(Cc1ccccc1)C(=O)CCCN(c1cc(Cl)ccc1C)S(C)(=O)=O. The average molecular weight is 536 g/mol. The lowest BCUT2D eigenvalue weighted by Crippen LogP contribution is -2.49. The van der Waals surface area contributed by atoms with Crippen LogP contribution in [0.5, 0.6) is 0 Å². The Labute approximate surface area is 220 Å². The molecule has 0 spiro atoms. The normalized spacial score (nSPS) is 12.3. The number of nitrogens with zero attached hydrogens (tertiary/aromatic N) is 2. The van der Waals surface area contributed by atoms with Crippen molar-refractivity contribution in [2.24, 2.45) is 5.92 Å². The molecular weight excluding hydrogens is 498 g/mol. The Bertz CT molecular complexity index is 1120. The van der Waals surface area contributed by atoms with Gasteiger partial charge < -0.3 is 10.2 Å². The van der Waals surface area contributed by atoms with Gasteiger partial charge in [0.15, 0.2) is 0 Å². The van der Waals surface area contributed by atoms with Crippen LogP contribution in [0.2, 0.25) is 5.02 Å². The topological polar surface area (TPSA) is 86.8 Å². The number of hydrogen-bond acceptors (Lipinski definition) is 4. The van der Waals surface area contributed by atoms with E-state index in [1.54, 1.807) is 23.1 Å². The van der Waals surface area contributed by atoms with Crippen LogP contribution < -0.4 is 9.62 Å². The molecule has 7 nitrogen and oxygen atoms in total. The summed E-state index contributed by atoms with van der Waals surface area (Å²) in [5, 5.41) is 3.39. The van der Waals surface area contributed by atoms with E-state index in [0.717, 1.165) is 17.4 Å².